The van der Waals surface area contributed by atoms with Gasteiger partial charge >= 0.3 is 12.2 Å². The van der Waals surface area contributed by atoms with Gasteiger partial charge in [-0.2, -0.15) is 13.2 Å². The summed E-state index contributed by atoms with van der Waals surface area (Å²) in [6.07, 6.45) is -3.19. The smallest absolute Gasteiger partial charge is 0.328 e. The zero-order chi connectivity index (χ0) is 31.5. The normalized spacial score (nSPS) is 21.8. The first-order chi connectivity index (χ1) is 21.6. The predicted octanol–water partition coefficient (Wildman–Crippen LogP) is 6.20. The molecule has 0 unspecified atom stereocenters. The summed E-state index contributed by atoms with van der Waals surface area (Å²) in [5.41, 5.74) is -0.804. The SMILES string of the molecule is O=C(N[C@@H]1CC[C@@H](c2cccc(F)c2F)Cn2c1nnc2C1(C(F)(F)F)CC1)N1CCC(c2cc3ccccc3[nH]c2=O)CC1. The third-order valence-corrected chi connectivity index (χ3v) is 9.74. The minimum absolute atomic E-state index is 0.0371. The van der Waals surface area contributed by atoms with Crippen LogP contribution in [0.5, 0.6) is 0 Å². The summed E-state index contributed by atoms with van der Waals surface area (Å²) in [6.45, 7) is 0.678. The van der Waals surface area contributed by atoms with Crippen molar-refractivity contribution in [3.63, 3.8) is 0 Å². The fourth-order valence-corrected chi connectivity index (χ4v) is 7.00. The largest absolute Gasteiger partial charge is 0.401 e. The van der Waals surface area contributed by atoms with Crippen LogP contribution in [-0.2, 0) is 12.0 Å². The van der Waals surface area contributed by atoms with Crippen LogP contribution in [0, 0.1) is 11.6 Å². The number of likely N-dealkylation sites (tertiary alicyclic amines) is 1. The number of H-pyrrole nitrogens is 1. The number of hydrogen-bond acceptors (Lipinski definition) is 4. The highest BCUT2D eigenvalue weighted by atomic mass is 19.4. The van der Waals surface area contributed by atoms with Crippen LogP contribution in [0.1, 0.15) is 79.2 Å². The average molecular weight is 627 g/mol. The lowest BCUT2D eigenvalue weighted by Crippen LogP contribution is -2.46. The number of aromatic amines is 1. The number of fused-ring (bicyclic) bond motifs is 2. The van der Waals surface area contributed by atoms with Gasteiger partial charge in [0.2, 0.25) is 0 Å². The summed E-state index contributed by atoms with van der Waals surface area (Å²) >= 11 is 0. The predicted molar refractivity (Wildman–Crippen MR) is 155 cm³/mol. The van der Waals surface area contributed by atoms with E-state index in [1.165, 1.54) is 16.7 Å². The van der Waals surface area contributed by atoms with Gasteiger partial charge in [0.05, 0.1) is 6.04 Å². The van der Waals surface area contributed by atoms with E-state index in [1.807, 2.05) is 30.3 Å². The maximum Gasteiger partial charge on any atom is 0.401 e. The Balaban J connectivity index is 1.12. The topological polar surface area (TPSA) is 95.9 Å². The summed E-state index contributed by atoms with van der Waals surface area (Å²) in [6, 6.07) is 12.0. The Kier molecular flexibility index (Phi) is 7.16. The second-order valence-corrected chi connectivity index (χ2v) is 12.4. The number of alkyl halides is 3. The molecule has 2 aromatic carbocycles. The number of hydrogen-bond donors (Lipinski definition) is 2. The van der Waals surface area contributed by atoms with Crippen LogP contribution < -0.4 is 10.9 Å². The van der Waals surface area contributed by atoms with Crippen molar-refractivity contribution in [2.24, 2.45) is 0 Å². The molecule has 2 atom stereocenters. The Morgan fingerprint density at radius 3 is 2.42 bits per heavy atom. The number of para-hydroxylation sites is 1. The fourth-order valence-electron chi connectivity index (χ4n) is 7.00. The number of pyridine rings is 1. The van der Waals surface area contributed by atoms with E-state index in [-0.39, 0.29) is 60.9 Å². The summed E-state index contributed by atoms with van der Waals surface area (Å²) in [5.74, 6) is -2.85. The number of nitrogens with one attached hydrogen (secondary N) is 2. The van der Waals surface area contributed by atoms with Gasteiger partial charge in [-0.05, 0) is 73.6 Å². The quantitative estimate of drug-likeness (QED) is 0.264. The van der Waals surface area contributed by atoms with Crippen LogP contribution in [0.25, 0.3) is 10.9 Å². The van der Waals surface area contributed by atoms with Gasteiger partial charge in [-0.25, -0.2) is 13.6 Å². The Bertz CT molecular complexity index is 1820. The van der Waals surface area contributed by atoms with Gasteiger partial charge < -0.3 is 19.8 Å². The molecular weight excluding hydrogens is 595 g/mol. The minimum Gasteiger partial charge on any atom is -0.328 e. The number of urea groups is 1. The number of amides is 2. The first kappa shape index (κ1) is 29.4. The molecule has 4 heterocycles. The average Bonchev–Trinajstić information content (AvgIpc) is 3.77. The summed E-state index contributed by atoms with van der Waals surface area (Å²) in [7, 11) is 0. The lowest BCUT2D eigenvalue weighted by Gasteiger charge is -2.33. The van der Waals surface area contributed by atoms with E-state index < -0.39 is 41.2 Å². The Morgan fingerprint density at radius 2 is 1.69 bits per heavy atom. The van der Waals surface area contributed by atoms with E-state index in [0.717, 1.165) is 17.0 Å². The Morgan fingerprint density at radius 1 is 0.933 bits per heavy atom. The molecule has 0 bridgehead atoms. The van der Waals surface area contributed by atoms with E-state index in [1.54, 1.807) is 4.90 Å². The van der Waals surface area contributed by atoms with Gasteiger partial charge in [0.15, 0.2) is 17.5 Å². The molecule has 8 nitrogen and oxygen atoms in total. The molecule has 236 valence electrons. The Hall–Kier alpha value is -4.29. The zero-order valence-electron chi connectivity index (χ0n) is 24.2. The number of aromatic nitrogens is 4. The number of benzene rings is 2. The van der Waals surface area contributed by atoms with Crippen molar-refractivity contribution in [1.29, 1.82) is 0 Å². The van der Waals surface area contributed by atoms with Crippen molar-refractivity contribution < 1.29 is 26.7 Å². The number of nitrogens with zero attached hydrogens (tertiary/aromatic N) is 4. The van der Waals surface area contributed by atoms with Crippen LogP contribution in [-0.4, -0.2) is 49.9 Å². The Labute approximate surface area is 254 Å². The summed E-state index contributed by atoms with van der Waals surface area (Å²) < 4.78 is 72.9. The highest BCUT2D eigenvalue weighted by Crippen LogP contribution is 2.58. The van der Waals surface area contributed by atoms with Crippen LogP contribution in [0.3, 0.4) is 0 Å². The molecule has 2 amide bonds. The molecule has 1 saturated heterocycles. The van der Waals surface area contributed by atoms with Gasteiger partial charge in [0.25, 0.3) is 5.56 Å². The third kappa shape index (κ3) is 5.15. The second kappa shape index (κ2) is 11.0. The summed E-state index contributed by atoms with van der Waals surface area (Å²) in [4.78, 5) is 30.8. The van der Waals surface area contributed by atoms with Crippen molar-refractivity contribution in [3.8, 4) is 0 Å². The van der Waals surface area contributed by atoms with Crippen molar-refractivity contribution in [2.45, 2.75) is 74.5 Å². The maximum atomic E-state index is 14.9. The maximum absolute atomic E-state index is 14.9. The first-order valence-corrected chi connectivity index (χ1v) is 15.2. The molecule has 7 rings (SSSR count). The van der Waals surface area contributed by atoms with Crippen molar-refractivity contribution in [2.75, 3.05) is 13.1 Å². The molecule has 45 heavy (non-hydrogen) atoms. The zero-order valence-corrected chi connectivity index (χ0v) is 24.2. The number of carbonyl (C=O) groups is 1. The third-order valence-electron chi connectivity index (χ3n) is 9.74. The molecular formula is C32H31F5N6O2. The molecule has 2 fully saturated rings. The van der Waals surface area contributed by atoms with Gasteiger partial charge in [-0.3, -0.25) is 4.79 Å². The van der Waals surface area contributed by atoms with Crippen molar-refractivity contribution in [1.82, 2.24) is 30.0 Å². The van der Waals surface area contributed by atoms with E-state index in [9.17, 15) is 31.5 Å². The highest BCUT2D eigenvalue weighted by molar-refractivity contribution is 5.79. The van der Waals surface area contributed by atoms with Gasteiger partial charge in [-0.1, -0.05) is 30.3 Å². The van der Waals surface area contributed by atoms with E-state index in [2.05, 4.69) is 20.5 Å². The van der Waals surface area contributed by atoms with Gasteiger partial charge in [0, 0.05) is 36.6 Å². The van der Waals surface area contributed by atoms with Crippen LogP contribution in [0.2, 0.25) is 0 Å². The molecule has 13 heteroatoms. The molecule has 2 aromatic heterocycles. The molecule has 0 radical (unpaired) electrons. The van der Waals surface area contributed by atoms with E-state index in [4.69, 9.17) is 0 Å². The molecule has 2 N–H and O–H groups in total. The monoisotopic (exact) mass is 626 g/mol. The summed E-state index contributed by atoms with van der Waals surface area (Å²) in [5, 5.41) is 12.0. The molecule has 1 saturated carbocycles. The second-order valence-electron chi connectivity index (χ2n) is 12.4. The fraction of sp³-hybridized carbons (Fsp3) is 0.438. The van der Waals surface area contributed by atoms with E-state index >= 15 is 0 Å². The standard InChI is InChI=1S/C32H31F5N6O2/c33-23-6-3-5-21(26(23)34)20-8-9-25(27-40-41-29(43(27)17-20)31(12-13-31)32(35,36)37)39-30(45)42-14-10-18(11-15-42)22-16-19-4-1-2-7-24(19)38-28(22)44/h1-7,16,18,20,25H,8-15,17H2,(H,38,44)(H,39,45)/t20-,25-/m1/s1. The van der Waals surface area contributed by atoms with Crippen LogP contribution in [0.15, 0.2) is 53.3 Å². The highest BCUT2D eigenvalue weighted by Gasteiger charge is 2.67. The van der Waals surface area contributed by atoms with Crippen LogP contribution in [0.4, 0.5) is 26.7 Å². The molecule has 1 aliphatic carbocycles. The first-order valence-electron chi connectivity index (χ1n) is 15.2. The number of piperidine rings is 1. The molecule has 2 aliphatic heterocycles. The van der Waals surface area contributed by atoms with E-state index in [0.29, 0.717) is 31.5 Å². The van der Waals surface area contributed by atoms with Crippen molar-refractivity contribution >= 4 is 16.9 Å². The van der Waals surface area contributed by atoms with Gasteiger partial charge in [0.1, 0.15) is 11.2 Å². The van der Waals surface area contributed by atoms with Crippen LogP contribution >= 0.6 is 0 Å². The number of rotatable bonds is 4. The van der Waals surface area contributed by atoms with Gasteiger partial charge in [-0.15, -0.1) is 10.2 Å². The molecule has 0 spiro atoms. The van der Waals surface area contributed by atoms with Crippen molar-refractivity contribution in [3.05, 3.63) is 93.3 Å². The minimum atomic E-state index is -4.56. The number of halogens is 5. The molecule has 4 aromatic rings. The lowest BCUT2D eigenvalue weighted by atomic mass is 9.89. The number of carbonyl (C=O) groups excluding carboxylic acids is 1. The molecule has 3 aliphatic rings. The lowest BCUT2D eigenvalue weighted by molar-refractivity contribution is -0.163.